The van der Waals surface area contributed by atoms with Crippen molar-refractivity contribution in [1.29, 1.82) is 0 Å². The first-order valence-corrected chi connectivity index (χ1v) is 13.5. The number of benzene rings is 2. The second-order valence-electron chi connectivity index (χ2n) is 9.38. The van der Waals surface area contributed by atoms with Gasteiger partial charge in [-0.1, -0.05) is 49.7 Å². The maximum Gasteiger partial charge on any atom is 0.317 e. The predicted molar refractivity (Wildman–Crippen MR) is 137 cm³/mol. The number of fused-ring (bicyclic) bond motifs is 1. The minimum Gasteiger partial charge on any atom is -0.487 e. The Morgan fingerprint density at radius 3 is 2.51 bits per heavy atom. The standard InChI is InChI=1S/C26H37N3O5S/c1-6-13-27-26(31)28(5)16-24-19(3)15-29(20(4)17-30)35(32,33)25-12-11-22(14-23(25)34-24)21-9-7-18(2)8-10-21/h7-12,14,19-20,24,30H,6,13,15-17H2,1-5H3,(H,27,31)/t19-,20+,24-/m0/s1. The summed E-state index contributed by atoms with van der Waals surface area (Å²) in [5.41, 5.74) is 2.91. The van der Waals surface area contributed by atoms with Crippen LogP contribution in [0.4, 0.5) is 4.79 Å². The van der Waals surface area contributed by atoms with Crippen molar-refractivity contribution in [3.05, 3.63) is 48.0 Å². The molecule has 0 aromatic heterocycles. The van der Waals surface area contributed by atoms with Crippen molar-refractivity contribution in [2.75, 3.05) is 33.3 Å². The summed E-state index contributed by atoms with van der Waals surface area (Å²) in [7, 11) is -2.21. The van der Waals surface area contributed by atoms with Crippen molar-refractivity contribution in [3.63, 3.8) is 0 Å². The average molecular weight is 504 g/mol. The normalized spacial score (nSPS) is 20.6. The predicted octanol–water partition coefficient (Wildman–Crippen LogP) is 3.48. The second-order valence-corrected chi connectivity index (χ2v) is 11.2. The van der Waals surface area contributed by atoms with Crippen LogP contribution in [0.1, 0.15) is 32.8 Å². The fourth-order valence-corrected chi connectivity index (χ4v) is 5.91. The van der Waals surface area contributed by atoms with Gasteiger partial charge in [-0.25, -0.2) is 13.2 Å². The first kappa shape index (κ1) is 27.0. The van der Waals surface area contributed by atoms with E-state index >= 15 is 0 Å². The van der Waals surface area contributed by atoms with Gasteiger partial charge < -0.3 is 20.1 Å². The molecule has 2 N–H and O–H groups in total. The summed E-state index contributed by atoms with van der Waals surface area (Å²) in [6, 6.07) is 12.3. The summed E-state index contributed by atoms with van der Waals surface area (Å²) in [5, 5.41) is 12.7. The Morgan fingerprint density at radius 2 is 1.89 bits per heavy atom. The molecule has 1 heterocycles. The highest BCUT2D eigenvalue weighted by atomic mass is 32.2. The van der Waals surface area contributed by atoms with E-state index in [1.54, 1.807) is 37.1 Å². The van der Waals surface area contributed by atoms with Gasteiger partial charge in [-0.15, -0.1) is 0 Å². The molecule has 0 fully saturated rings. The average Bonchev–Trinajstić information content (AvgIpc) is 2.84. The molecule has 3 atom stereocenters. The number of carbonyl (C=O) groups excluding carboxylic acids is 1. The second kappa shape index (κ2) is 11.4. The lowest BCUT2D eigenvalue weighted by atomic mass is 10.0. The summed E-state index contributed by atoms with van der Waals surface area (Å²) < 4.78 is 35.0. The molecule has 3 rings (SSSR count). The van der Waals surface area contributed by atoms with Gasteiger partial charge in [0.15, 0.2) is 0 Å². The number of aliphatic hydroxyl groups is 1. The molecule has 0 radical (unpaired) electrons. The SMILES string of the molecule is CCCNC(=O)N(C)C[C@@H]1Oc2cc(-c3ccc(C)cc3)ccc2S(=O)(=O)N([C@H](C)CO)C[C@@H]1C. The zero-order chi connectivity index (χ0) is 25.8. The number of carbonyl (C=O) groups is 1. The molecule has 0 spiro atoms. The molecule has 0 saturated carbocycles. The number of likely N-dealkylation sites (N-methyl/N-ethyl adjacent to an activating group) is 1. The van der Waals surface area contributed by atoms with Crippen LogP contribution in [0.15, 0.2) is 47.4 Å². The van der Waals surface area contributed by atoms with Crippen LogP contribution < -0.4 is 10.1 Å². The van der Waals surface area contributed by atoms with Crippen LogP contribution in [0.5, 0.6) is 5.75 Å². The van der Waals surface area contributed by atoms with Crippen LogP contribution in [0.2, 0.25) is 0 Å². The monoisotopic (exact) mass is 503 g/mol. The molecule has 2 aromatic carbocycles. The Labute approximate surface area is 208 Å². The number of ether oxygens (including phenoxy) is 1. The van der Waals surface area contributed by atoms with E-state index in [-0.39, 0.29) is 42.3 Å². The van der Waals surface area contributed by atoms with E-state index in [4.69, 9.17) is 4.74 Å². The molecule has 9 heteroatoms. The number of aryl methyl sites for hydroxylation is 1. The number of urea groups is 1. The van der Waals surface area contributed by atoms with Crippen LogP contribution in [0, 0.1) is 12.8 Å². The van der Waals surface area contributed by atoms with Gasteiger partial charge in [-0.3, -0.25) is 0 Å². The fraction of sp³-hybridized carbons (Fsp3) is 0.500. The van der Waals surface area contributed by atoms with Crippen LogP contribution in [-0.4, -0.2) is 74.2 Å². The maximum absolute atomic E-state index is 13.6. The van der Waals surface area contributed by atoms with E-state index < -0.39 is 22.2 Å². The van der Waals surface area contributed by atoms with Crippen LogP contribution in [-0.2, 0) is 10.0 Å². The lowest BCUT2D eigenvalue weighted by molar-refractivity contribution is 0.0813. The van der Waals surface area contributed by atoms with Crippen molar-refractivity contribution in [3.8, 4) is 16.9 Å². The van der Waals surface area contributed by atoms with Crippen molar-refractivity contribution in [2.24, 2.45) is 5.92 Å². The number of sulfonamides is 1. The molecule has 0 unspecified atom stereocenters. The quantitative estimate of drug-likeness (QED) is 0.603. The maximum atomic E-state index is 13.6. The summed E-state index contributed by atoms with van der Waals surface area (Å²) >= 11 is 0. The summed E-state index contributed by atoms with van der Waals surface area (Å²) in [6.07, 6.45) is 0.375. The van der Waals surface area contributed by atoms with Gasteiger partial charge in [0.05, 0.1) is 13.2 Å². The van der Waals surface area contributed by atoms with Gasteiger partial charge in [0, 0.05) is 32.1 Å². The molecule has 35 heavy (non-hydrogen) atoms. The number of aliphatic hydroxyl groups excluding tert-OH is 1. The third kappa shape index (κ3) is 6.15. The number of nitrogens with one attached hydrogen (secondary N) is 1. The third-order valence-electron chi connectivity index (χ3n) is 6.38. The van der Waals surface area contributed by atoms with Crippen LogP contribution in [0.25, 0.3) is 11.1 Å². The van der Waals surface area contributed by atoms with Crippen molar-refractivity contribution < 1.29 is 23.1 Å². The fourth-order valence-electron chi connectivity index (χ4n) is 4.09. The first-order valence-electron chi connectivity index (χ1n) is 12.1. The largest absolute Gasteiger partial charge is 0.487 e. The molecule has 0 bridgehead atoms. The summed E-state index contributed by atoms with van der Waals surface area (Å²) in [4.78, 5) is 14.1. The molecule has 192 valence electrons. The van der Waals surface area contributed by atoms with Crippen LogP contribution >= 0.6 is 0 Å². The van der Waals surface area contributed by atoms with E-state index in [2.05, 4.69) is 5.32 Å². The Morgan fingerprint density at radius 1 is 1.23 bits per heavy atom. The molecule has 0 aliphatic carbocycles. The Bertz CT molecular complexity index is 1120. The highest BCUT2D eigenvalue weighted by Gasteiger charge is 2.38. The summed E-state index contributed by atoms with van der Waals surface area (Å²) in [6.45, 7) is 8.32. The number of rotatable bonds is 7. The molecule has 2 aromatic rings. The minimum absolute atomic E-state index is 0.0589. The lowest BCUT2D eigenvalue weighted by Gasteiger charge is -2.37. The highest BCUT2D eigenvalue weighted by molar-refractivity contribution is 7.89. The molecule has 0 saturated heterocycles. The Balaban J connectivity index is 2.05. The van der Waals surface area contributed by atoms with Crippen molar-refractivity contribution in [1.82, 2.24) is 14.5 Å². The van der Waals surface area contributed by atoms with Gasteiger partial charge in [-0.05, 0) is 43.5 Å². The number of nitrogens with zero attached hydrogens (tertiary/aromatic N) is 2. The van der Waals surface area contributed by atoms with Gasteiger partial charge in [-0.2, -0.15) is 4.31 Å². The number of hydrogen-bond acceptors (Lipinski definition) is 5. The molecule has 2 amide bonds. The van der Waals surface area contributed by atoms with Gasteiger partial charge >= 0.3 is 6.03 Å². The molecule has 1 aliphatic rings. The summed E-state index contributed by atoms with van der Waals surface area (Å²) in [5.74, 6) is 0.00788. The first-order chi connectivity index (χ1) is 16.6. The molecule has 1 aliphatic heterocycles. The third-order valence-corrected chi connectivity index (χ3v) is 8.40. The Kier molecular flexibility index (Phi) is 8.79. The van der Waals surface area contributed by atoms with Gasteiger partial charge in [0.2, 0.25) is 10.0 Å². The highest BCUT2D eigenvalue weighted by Crippen LogP contribution is 2.36. The van der Waals surface area contributed by atoms with Gasteiger partial charge in [0.25, 0.3) is 0 Å². The van der Waals surface area contributed by atoms with Crippen molar-refractivity contribution >= 4 is 16.1 Å². The van der Waals surface area contributed by atoms with Crippen LogP contribution in [0.3, 0.4) is 0 Å². The van der Waals surface area contributed by atoms with E-state index in [0.717, 1.165) is 23.1 Å². The van der Waals surface area contributed by atoms with Crippen molar-refractivity contribution in [2.45, 2.75) is 51.2 Å². The zero-order valence-electron chi connectivity index (χ0n) is 21.2. The van der Waals surface area contributed by atoms with E-state index in [9.17, 15) is 18.3 Å². The zero-order valence-corrected chi connectivity index (χ0v) is 22.0. The minimum atomic E-state index is -3.92. The topological polar surface area (TPSA) is 99.2 Å². The molecule has 8 nitrogen and oxygen atoms in total. The van der Waals surface area contributed by atoms with E-state index in [1.165, 1.54) is 4.31 Å². The number of amides is 2. The lowest BCUT2D eigenvalue weighted by Crippen LogP contribution is -2.51. The van der Waals surface area contributed by atoms with Gasteiger partial charge in [0.1, 0.15) is 16.7 Å². The number of hydrogen-bond donors (Lipinski definition) is 2. The molecular weight excluding hydrogens is 466 g/mol. The smallest absolute Gasteiger partial charge is 0.317 e. The Hall–Kier alpha value is -2.62. The molecular formula is C26H37N3O5S. The van der Waals surface area contributed by atoms with E-state index in [0.29, 0.717) is 6.54 Å². The van der Waals surface area contributed by atoms with E-state index in [1.807, 2.05) is 45.0 Å².